The number of halogens is 1. The number of carbonyl (C=O) groups excluding carboxylic acids is 1. The first kappa shape index (κ1) is 16.4. The highest BCUT2D eigenvalue weighted by Gasteiger charge is 2.15. The molecule has 0 radical (unpaired) electrons. The number of Topliss-reactive ketones (excluding diaryl/α,β-unsaturated/α-hetero) is 1. The molecule has 1 aromatic carbocycles. The molecule has 0 fully saturated rings. The van der Waals surface area contributed by atoms with E-state index in [0.29, 0.717) is 12.4 Å². The van der Waals surface area contributed by atoms with E-state index in [0.717, 1.165) is 28.0 Å². The smallest absolute Gasteiger partial charge is 0.180 e. The first-order chi connectivity index (χ1) is 9.78. The van der Waals surface area contributed by atoms with E-state index in [-0.39, 0.29) is 5.78 Å². The zero-order valence-corrected chi connectivity index (χ0v) is 15.5. The number of nitrogens with zero attached hydrogens (tertiary/aromatic N) is 2. The van der Waals surface area contributed by atoms with Gasteiger partial charge in [-0.05, 0) is 24.2 Å². The van der Waals surface area contributed by atoms with Crippen molar-refractivity contribution in [2.45, 2.75) is 39.3 Å². The van der Waals surface area contributed by atoms with Gasteiger partial charge < -0.3 is 4.74 Å². The van der Waals surface area contributed by atoms with Gasteiger partial charge in [0.05, 0.1) is 5.52 Å². The van der Waals surface area contributed by atoms with Crippen LogP contribution in [-0.2, 0) is 11.5 Å². The van der Waals surface area contributed by atoms with Crippen LogP contribution in [0.1, 0.15) is 17.4 Å². The fraction of sp³-hybridized carbons (Fsp3) is 0.467. The van der Waals surface area contributed by atoms with Gasteiger partial charge in [0.25, 0.3) is 0 Å². The summed E-state index contributed by atoms with van der Waals surface area (Å²) in [5.74, 6) is -0.0288. The van der Waals surface area contributed by atoms with Crippen molar-refractivity contribution in [2.75, 3.05) is 6.61 Å². The molecule has 1 aromatic heterocycles. The van der Waals surface area contributed by atoms with Crippen molar-refractivity contribution in [1.82, 2.24) is 9.78 Å². The minimum Gasteiger partial charge on any atom is -0.360 e. The van der Waals surface area contributed by atoms with E-state index in [1.165, 1.54) is 0 Å². The molecule has 0 unspecified atom stereocenters. The Morgan fingerprint density at radius 3 is 2.71 bits per heavy atom. The molecule has 4 nitrogen and oxygen atoms in total. The largest absolute Gasteiger partial charge is 0.360 e. The maximum absolute atomic E-state index is 11.7. The molecular weight excluding hydrogens is 348 g/mol. The van der Waals surface area contributed by atoms with E-state index >= 15 is 0 Å². The van der Waals surface area contributed by atoms with E-state index < -0.39 is 8.07 Å². The van der Waals surface area contributed by atoms with Crippen LogP contribution in [0, 0.1) is 0 Å². The highest BCUT2D eigenvalue weighted by atomic mass is 79.9. The lowest BCUT2D eigenvalue weighted by atomic mass is 10.2. The van der Waals surface area contributed by atoms with Gasteiger partial charge in [-0.1, -0.05) is 35.6 Å². The molecular formula is C15H21BrN2O2Si. The third-order valence-corrected chi connectivity index (χ3v) is 5.45. The van der Waals surface area contributed by atoms with Crippen LogP contribution in [0.25, 0.3) is 10.9 Å². The molecule has 0 aliphatic carbocycles. The van der Waals surface area contributed by atoms with Gasteiger partial charge >= 0.3 is 0 Å². The summed E-state index contributed by atoms with van der Waals surface area (Å²) in [5, 5.41) is 5.26. The molecule has 0 saturated heterocycles. The average Bonchev–Trinajstić information content (AvgIpc) is 2.71. The Kier molecular flexibility index (Phi) is 5.01. The molecule has 1 heterocycles. The summed E-state index contributed by atoms with van der Waals surface area (Å²) in [6.45, 7) is 9.64. The third kappa shape index (κ3) is 4.25. The van der Waals surface area contributed by atoms with Gasteiger partial charge in [-0.25, -0.2) is 4.68 Å². The minimum atomic E-state index is -1.08. The van der Waals surface area contributed by atoms with Crippen LogP contribution in [-0.4, -0.2) is 30.2 Å². The Morgan fingerprint density at radius 1 is 1.38 bits per heavy atom. The first-order valence-corrected chi connectivity index (χ1v) is 11.5. The Labute approximate surface area is 134 Å². The van der Waals surface area contributed by atoms with Gasteiger partial charge in [-0.2, -0.15) is 5.10 Å². The molecule has 21 heavy (non-hydrogen) atoms. The number of hydrogen-bond donors (Lipinski definition) is 0. The molecule has 0 amide bonds. The molecule has 0 aliphatic heterocycles. The molecule has 2 aromatic rings. The standard InChI is InChI=1S/C15H21BrN2O2Si/c1-11(19)15-13-9-12(16)5-6-14(13)18(17-15)10-20-7-8-21(2,3)4/h5-6,9H,7-8,10H2,1-4H3. The van der Waals surface area contributed by atoms with Crippen LogP contribution in [0.5, 0.6) is 0 Å². The van der Waals surface area contributed by atoms with Gasteiger partial charge in [0, 0.05) is 31.5 Å². The molecule has 0 saturated carbocycles. The van der Waals surface area contributed by atoms with Gasteiger partial charge in [0.1, 0.15) is 12.4 Å². The molecule has 114 valence electrons. The zero-order valence-electron chi connectivity index (χ0n) is 12.9. The first-order valence-electron chi connectivity index (χ1n) is 7.03. The van der Waals surface area contributed by atoms with Gasteiger partial charge in [0.15, 0.2) is 5.78 Å². The Morgan fingerprint density at radius 2 is 2.10 bits per heavy atom. The molecule has 6 heteroatoms. The van der Waals surface area contributed by atoms with Crippen molar-refractivity contribution < 1.29 is 9.53 Å². The van der Waals surface area contributed by atoms with E-state index in [2.05, 4.69) is 40.7 Å². The number of benzene rings is 1. The second kappa shape index (κ2) is 6.42. The summed E-state index contributed by atoms with van der Waals surface area (Å²) in [7, 11) is -1.08. The van der Waals surface area contributed by atoms with Crippen molar-refractivity contribution in [3.8, 4) is 0 Å². The van der Waals surface area contributed by atoms with Crippen LogP contribution < -0.4 is 0 Å². The fourth-order valence-electron chi connectivity index (χ4n) is 2.04. The summed E-state index contributed by atoms with van der Waals surface area (Å²) in [4.78, 5) is 11.7. The van der Waals surface area contributed by atoms with Crippen molar-refractivity contribution in [2.24, 2.45) is 0 Å². The predicted molar refractivity (Wildman–Crippen MR) is 91.5 cm³/mol. The minimum absolute atomic E-state index is 0.0288. The summed E-state index contributed by atoms with van der Waals surface area (Å²) < 4.78 is 8.45. The Bertz CT molecular complexity index is 661. The van der Waals surface area contributed by atoms with Crippen LogP contribution in [0.2, 0.25) is 25.7 Å². The lowest BCUT2D eigenvalue weighted by Gasteiger charge is -2.15. The van der Waals surface area contributed by atoms with Crippen LogP contribution in [0.3, 0.4) is 0 Å². The molecule has 0 aliphatic rings. The van der Waals surface area contributed by atoms with E-state index in [1.54, 1.807) is 11.6 Å². The number of ether oxygens (including phenoxy) is 1. The lowest BCUT2D eigenvalue weighted by Crippen LogP contribution is -2.22. The van der Waals surface area contributed by atoms with Gasteiger partial charge in [0.2, 0.25) is 0 Å². The maximum Gasteiger partial charge on any atom is 0.180 e. The third-order valence-electron chi connectivity index (χ3n) is 3.26. The SMILES string of the molecule is CC(=O)c1nn(COCC[Si](C)(C)C)c2ccc(Br)cc12. The van der Waals surface area contributed by atoms with Crippen molar-refractivity contribution >= 4 is 40.7 Å². The molecule has 0 N–H and O–H groups in total. The molecule has 0 atom stereocenters. The number of fused-ring (bicyclic) bond motifs is 1. The van der Waals surface area contributed by atoms with E-state index in [1.807, 2.05) is 18.2 Å². The number of ketones is 1. The Hall–Kier alpha value is -0.983. The highest BCUT2D eigenvalue weighted by Crippen LogP contribution is 2.23. The average molecular weight is 369 g/mol. The monoisotopic (exact) mass is 368 g/mol. The van der Waals surface area contributed by atoms with Crippen LogP contribution in [0.4, 0.5) is 0 Å². The van der Waals surface area contributed by atoms with Crippen LogP contribution in [0.15, 0.2) is 22.7 Å². The lowest BCUT2D eigenvalue weighted by molar-refractivity contribution is 0.0809. The summed E-state index contributed by atoms with van der Waals surface area (Å²) in [6.07, 6.45) is 0. The normalized spacial score (nSPS) is 12.0. The quantitative estimate of drug-likeness (QED) is 0.433. The number of hydrogen-bond acceptors (Lipinski definition) is 3. The number of carbonyl (C=O) groups is 1. The number of rotatable bonds is 6. The topological polar surface area (TPSA) is 44.1 Å². The number of aromatic nitrogens is 2. The van der Waals surface area contributed by atoms with E-state index in [4.69, 9.17) is 4.74 Å². The zero-order chi connectivity index (χ0) is 15.6. The van der Waals surface area contributed by atoms with Crippen molar-refractivity contribution in [3.05, 3.63) is 28.4 Å². The van der Waals surface area contributed by atoms with Crippen molar-refractivity contribution in [1.29, 1.82) is 0 Å². The van der Waals surface area contributed by atoms with Crippen LogP contribution >= 0.6 is 15.9 Å². The highest BCUT2D eigenvalue weighted by molar-refractivity contribution is 9.10. The second-order valence-electron chi connectivity index (χ2n) is 6.41. The van der Waals surface area contributed by atoms with Gasteiger partial charge in [-0.15, -0.1) is 0 Å². The van der Waals surface area contributed by atoms with Crippen molar-refractivity contribution in [3.63, 3.8) is 0 Å². The summed E-state index contributed by atoms with van der Waals surface area (Å²) >= 11 is 3.44. The molecule has 2 rings (SSSR count). The molecule has 0 bridgehead atoms. The summed E-state index contributed by atoms with van der Waals surface area (Å²) in [6, 6.07) is 6.96. The predicted octanol–water partition coefficient (Wildman–Crippen LogP) is 4.31. The van der Waals surface area contributed by atoms with Gasteiger partial charge in [-0.3, -0.25) is 4.79 Å². The summed E-state index contributed by atoms with van der Waals surface area (Å²) in [5.41, 5.74) is 1.43. The molecule has 0 spiro atoms. The maximum atomic E-state index is 11.7. The second-order valence-corrected chi connectivity index (χ2v) is 13.0. The van der Waals surface area contributed by atoms with E-state index in [9.17, 15) is 4.79 Å². The fourth-order valence-corrected chi connectivity index (χ4v) is 3.16. The Balaban J connectivity index is 2.18.